The lowest BCUT2D eigenvalue weighted by atomic mass is 9.94. The van der Waals surface area contributed by atoms with Gasteiger partial charge in [-0.15, -0.1) is 0 Å². The summed E-state index contributed by atoms with van der Waals surface area (Å²) in [7, 11) is 0. The zero-order valence-electron chi connectivity index (χ0n) is 15.0. The zero-order valence-corrected chi connectivity index (χ0v) is 15.0. The van der Waals surface area contributed by atoms with Crippen LogP contribution >= 0.6 is 0 Å². The maximum absolute atomic E-state index is 13.1. The summed E-state index contributed by atoms with van der Waals surface area (Å²) < 4.78 is 18.3. The maximum Gasteiger partial charge on any atom is 0.265 e. The Morgan fingerprint density at radius 3 is 2.61 bits per heavy atom. The summed E-state index contributed by atoms with van der Waals surface area (Å²) in [6.45, 7) is 1.91. The van der Waals surface area contributed by atoms with Gasteiger partial charge in [-0.3, -0.25) is 4.79 Å². The molecular weight excluding hydrogens is 363 g/mol. The molecule has 0 radical (unpaired) electrons. The van der Waals surface area contributed by atoms with Crippen LogP contribution in [0.2, 0.25) is 0 Å². The van der Waals surface area contributed by atoms with E-state index >= 15 is 0 Å². The molecule has 7 nitrogen and oxygen atoms in total. The van der Waals surface area contributed by atoms with Gasteiger partial charge >= 0.3 is 0 Å². The standard InChI is InChI=1S/C20H17FN4O3/c1-12-17(13-7-9-15(21)10-8-13)24-28-18(12)20(26)22-11-16-23-19(25-27-16)14-5-3-2-4-6-14/h2-10,12,18H,11H2,1H3,(H,22,26)/t12-,18+/m0/s1. The van der Waals surface area contributed by atoms with Gasteiger partial charge in [0.15, 0.2) is 0 Å². The molecule has 3 aromatic rings. The Bertz CT molecular complexity index is 1000. The first-order chi connectivity index (χ1) is 13.6. The van der Waals surface area contributed by atoms with E-state index < -0.39 is 6.10 Å². The number of nitrogens with zero attached hydrogens (tertiary/aromatic N) is 3. The number of nitrogens with one attached hydrogen (secondary N) is 1. The van der Waals surface area contributed by atoms with E-state index in [1.54, 1.807) is 12.1 Å². The number of hydrogen-bond donors (Lipinski definition) is 1. The van der Waals surface area contributed by atoms with Crippen LogP contribution in [0.1, 0.15) is 18.4 Å². The Kier molecular flexibility index (Phi) is 4.84. The minimum atomic E-state index is -0.781. The van der Waals surface area contributed by atoms with E-state index in [-0.39, 0.29) is 30.1 Å². The molecule has 0 aliphatic carbocycles. The number of hydrogen-bond acceptors (Lipinski definition) is 6. The summed E-state index contributed by atoms with van der Waals surface area (Å²) >= 11 is 0. The van der Waals surface area contributed by atoms with Crippen molar-refractivity contribution in [1.82, 2.24) is 15.5 Å². The van der Waals surface area contributed by atoms with Gasteiger partial charge in [0.05, 0.1) is 18.2 Å². The number of rotatable bonds is 5. The van der Waals surface area contributed by atoms with Crippen LogP contribution in [0.15, 0.2) is 64.3 Å². The normalized spacial score (nSPS) is 18.4. The molecule has 2 atom stereocenters. The van der Waals surface area contributed by atoms with Gasteiger partial charge in [0.1, 0.15) is 5.82 Å². The fourth-order valence-corrected chi connectivity index (χ4v) is 2.94. The monoisotopic (exact) mass is 380 g/mol. The molecule has 1 amide bonds. The Labute approximate surface area is 160 Å². The number of amides is 1. The summed E-state index contributed by atoms with van der Waals surface area (Å²) in [4.78, 5) is 22.1. The smallest absolute Gasteiger partial charge is 0.265 e. The summed E-state index contributed by atoms with van der Waals surface area (Å²) in [6, 6.07) is 15.3. The summed E-state index contributed by atoms with van der Waals surface area (Å²) in [5.41, 5.74) is 2.15. The number of oxime groups is 1. The van der Waals surface area contributed by atoms with Crippen molar-refractivity contribution in [2.75, 3.05) is 0 Å². The SMILES string of the molecule is C[C@H]1C(c2ccc(F)cc2)=NO[C@H]1C(=O)NCc1nc(-c2ccccc2)no1. The summed E-state index contributed by atoms with van der Waals surface area (Å²) in [5, 5.41) is 10.6. The van der Waals surface area contributed by atoms with Crippen molar-refractivity contribution in [1.29, 1.82) is 0 Å². The van der Waals surface area contributed by atoms with Gasteiger partial charge in [-0.25, -0.2) is 4.39 Å². The molecule has 4 rings (SSSR count). The van der Waals surface area contributed by atoms with Crippen molar-refractivity contribution in [2.45, 2.75) is 19.6 Å². The molecule has 0 saturated carbocycles. The van der Waals surface area contributed by atoms with E-state index in [1.807, 2.05) is 37.3 Å². The molecule has 0 spiro atoms. The lowest BCUT2D eigenvalue weighted by Gasteiger charge is -2.13. The van der Waals surface area contributed by atoms with Crippen LogP contribution in [0.5, 0.6) is 0 Å². The van der Waals surface area contributed by atoms with Crippen LogP contribution in [-0.2, 0) is 16.2 Å². The first-order valence-electron chi connectivity index (χ1n) is 8.77. The number of halogens is 1. The van der Waals surface area contributed by atoms with Crippen LogP contribution in [0.4, 0.5) is 4.39 Å². The van der Waals surface area contributed by atoms with E-state index in [0.29, 0.717) is 17.1 Å². The second kappa shape index (κ2) is 7.59. The molecule has 1 N–H and O–H groups in total. The van der Waals surface area contributed by atoms with E-state index in [1.165, 1.54) is 12.1 Å². The molecule has 1 aliphatic rings. The average Bonchev–Trinajstić information content (AvgIpc) is 3.34. The molecule has 8 heteroatoms. The lowest BCUT2D eigenvalue weighted by molar-refractivity contribution is -0.133. The van der Waals surface area contributed by atoms with Gasteiger partial charge in [0.25, 0.3) is 5.91 Å². The second-order valence-corrected chi connectivity index (χ2v) is 6.39. The third kappa shape index (κ3) is 3.62. The fourth-order valence-electron chi connectivity index (χ4n) is 2.94. The van der Waals surface area contributed by atoms with Gasteiger partial charge in [0.2, 0.25) is 17.8 Å². The van der Waals surface area contributed by atoms with Gasteiger partial charge in [0, 0.05) is 5.56 Å². The quantitative estimate of drug-likeness (QED) is 0.735. The van der Waals surface area contributed by atoms with Crippen LogP contribution in [-0.4, -0.2) is 27.9 Å². The molecule has 0 fully saturated rings. The number of aromatic nitrogens is 2. The minimum absolute atomic E-state index is 0.0805. The number of carbonyl (C=O) groups excluding carboxylic acids is 1. The van der Waals surface area contributed by atoms with E-state index in [9.17, 15) is 9.18 Å². The van der Waals surface area contributed by atoms with Crippen molar-refractivity contribution < 1.29 is 18.5 Å². The molecule has 0 bridgehead atoms. The van der Waals surface area contributed by atoms with Crippen LogP contribution in [0, 0.1) is 11.7 Å². The Hall–Kier alpha value is -3.55. The Balaban J connectivity index is 1.36. The van der Waals surface area contributed by atoms with Gasteiger partial charge in [-0.2, -0.15) is 4.98 Å². The van der Waals surface area contributed by atoms with Crippen molar-refractivity contribution in [3.63, 3.8) is 0 Å². The second-order valence-electron chi connectivity index (χ2n) is 6.39. The fraction of sp³-hybridized carbons (Fsp3) is 0.200. The van der Waals surface area contributed by atoms with Crippen molar-refractivity contribution in [3.05, 3.63) is 71.9 Å². The molecule has 142 valence electrons. The predicted molar refractivity (Wildman–Crippen MR) is 98.6 cm³/mol. The van der Waals surface area contributed by atoms with Crippen molar-refractivity contribution >= 4 is 11.6 Å². The largest absolute Gasteiger partial charge is 0.381 e. The highest BCUT2D eigenvalue weighted by Gasteiger charge is 2.36. The van der Waals surface area contributed by atoms with Crippen LogP contribution < -0.4 is 5.32 Å². The molecule has 2 aromatic carbocycles. The summed E-state index contributed by atoms with van der Waals surface area (Å²) in [6.07, 6.45) is -0.781. The molecule has 1 aromatic heterocycles. The average molecular weight is 380 g/mol. The van der Waals surface area contributed by atoms with Gasteiger partial charge in [-0.05, 0) is 17.7 Å². The van der Waals surface area contributed by atoms with Crippen LogP contribution in [0.3, 0.4) is 0 Å². The van der Waals surface area contributed by atoms with Gasteiger partial charge in [-0.1, -0.05) is 59.7 Å². The highest BCUT2D eigenvalue weighted by Crippen LogP contribution is 2.23. The molecule has 0 unspecified atom stereocenters. The van der Waals surface area contributed by atoms with Crippen molar-refractivity contribution in [3.8, 4) is 11.4 Å². The highest BCUT2D eigenvalue weighted by atomic mass is 19.1. The Morgan fingerprint density at radius 1 is 1.11 bits per heavy atom. The molecular formula is C20H17FN4O3. The van der Waals surface area contributed by atoms with E-state index in [2.05, 4.69) is 20.6 Å². The third-order valence-corrected chi connectivity index (χ3v) is 4.46. The Morgan fingerprint density at radius 2 is 1.86 bits per heavy atom. The third-order valence-electron chi connectivity index (χ3n) is 4.46. The maximum atomic E-state index is 13.1. The summed E-state index contributed by atoms with van der Waals surface area (Å²) in [5.74, 6) is -0.213. The van der Waals surface area contributed by atoms with E-state index in [0.717, 1.165) is 5.56 Å². The topological polar surface area (TPSA) is 89.6 Å². The molecule has 1 aliphatic heterocycles. The molecule has 0 saturated heterocycles. The highest BCUT2D eigenvalue weighted by molar-refractivity contribution is 6.05. The lowest BCUT2D eigenvalue weighted by Crippen LogP contribution is -2.39. The number of benzene rings is 2. The first-order valence-corrected chi connectivity index (χ1v) is 8.77. The van der Waals surface area contributed by atoms with E-state index in [4.69, 9.17) is 9.36 Å². The minimum Gasteiger partial charge on any atom is -0.381 e. The molecule has 2 heterocycles. The van der Waals surface area contributed by atoms with Gasteiger partial charge < -0.3 is 14.7 Å². The van der Waals surface area contributed by atoms with Crippen LogP contribution in [0.25, 0.3) is 11.4 Å². The zero-order chi connectivity index (χ0) is 19.5. The number of carbonyl (C=O) groups is 1. The predicted octanol–water partition coefficient (Wildman–Crippen LogP) is 2.93. The van der Waals surface area contributed by atoms with Crippen molar-refractivity contribution in [2.24, 2.45) is 11.1 Å². The first kappa shape index (κ1) is 17.8. The molecule has 28 heavy (non-hydrogen) atoms.